The van der Waals surface area contributed by atoms with Gasteiger partial charge < -0.3 is 10.6 Å². The zero-order valence-electron chi connectivity index (χ0n) is 30.8. The molecule has 0 saturated carbocycles. The first kappa shape index (κ1) is 35.1. The van der Waals surface area contributed by atoms with Gasteiger partial charge in [0.15, 0.2) is 0 Å². The molecule has 53 heavy (non-hydrogen) atoms. The number of fused-ring (bicyclic) bond motifs is 2. The second-order valence-corrected chi connectivity index (χ2v) is 13.2. The zero-order valence-corrected chi connectivity index (χ0v) is 30.8. The second-order valence-electron chi connectivity index (χ2n) is 13.2. The van der Waals surface area contributed by atoms with E-state index in [1.807, 2.05) is 24.3 Å². The lowest BCUT2D eigenvalue weighted by Crippen LogP contribution is -2.23. The summed E-state index contributed by atoms with van der Waals surface area (Å²) in [7, 11) is 0. The van der Waals surface area contributed by atoms with E-state index in [1.165, 1.54) is 0 Å². The van der Waals surface area contributed by atoms with E-state index < -0.39 is 0 Å². The van der Waals surface area contributed by atoms with Gasteiger partial charge in [-0.2, -0.15) is 0 Å². The molecule has 6 nitrogen and oxygen atoms in total. The van der Waals surface area contributed by atoms with E-state index in [4.69, 9.17) is 15.7 Å². The molecule has 0 saturated heterocycles. The Kier molecular flexibility index (Phi) is 10.8. The first-order valence-corrected chi connectivity index (χ1v) is 18.6. The van der Waals surface area contributed by atoms with Crippen LogP contribution in [0.15, 0.2) is 139 Å². The summed E-state index contributed by atoms with van der Waals surface area (Å²) >= 11 is 0. The van der Waals surface area contributed by atoms with Crippen molar-refractivity contribution in [2.45, 2.75) is 52.9 Å². The van der Waals surface area contributed by atoms with Crippen LogP contribution in [0.4, 0.5) is 11.4 Å². The zero-order chi connectivity index (χ0) is 36.6. The average molecular weight is 695 g/mol. The Morgan fingerprint density at radius 3 is 2.57 bits per heavy atom. The quantitative estimate of drug-likeness (QED) is 0.0802. The number of para-hydroxylation sites is 5. The number of allylic oxidation sites excluding steroid dienone is 11. The third kappa shape index (κ3) is 7.52. The van der Waals surface area contributed by atoms with Gasteiger partial charge in [-0.25, -0.2) is 9.97 Å². The highest BCUT2D eigenvalue weighted by Crippen LogP contribution is 2.33. The maximum Gasteiger partial charge on any atom is 0.145 e. The van der Waals surface area contributed by atoms with Crippen LogP contribution in [0.5, 0.6) is 0 Å². The van der Waals surface area contributed by atoms with Crippen molar-refractivity contribution in [3.05, 3.63) is 162 Å². The molecule has 2 aliphatic carbocycles. The van der Waals surface area contributed by atoms with Crippen LogP contribution in [-0.2, 0) is 6.42 Å². The van der Waals surface area contributed by atoms with Crippen LogP contribution in [-0.4, -0.2) is 25.6 Å². The van der Waals surface area contributed by atoms with Gasteiger partial charge in [0.25, 0.3) is 0 Å². The van der Waals surface area contributed by atoms with Crippen molar-refractivity contribution < 1.29 is 0 Å². The van der Waals surface area contributed by atoms with Gasteiger partial charge in [0.1, 0.15) is 11.6 Å². The molecule has 2 heterocycles. The van der Waals surface area contributed by atoms with Gasteiger partial charge in [0.05, 0.1) is 33.8 Å². The van der Waals surface area contributed by atoms with Gasteiger partial charge in [-0.15, -0.1) is 0 Å². The Labute approximate surface area is 313 Å². The monoisotopic (exact) mass is 694 g/mol. The molecule has 2 aliphatic rings. The Hall–Kier alpha value is -6.32. The lowest BCUT2D eigenvalue weighted by Gasteiger charge is -2.26. The number of nitrogens with two attached hydrogens (primary N) is 1. The van der Waals surface area contributed by atoms with Gasteiger partial charge in [-0.3, -0.25) is 9.13 Å². The lowest BCUT2D eigenvalue weighted by atomic mass is 10.1. The van der Waals surface area contributed by atoms with Gasteiger partial charge in [0, 0.05) is 41.7 Å². The fraction of sp³-hybridized carbons (Fsp3) is 0.191. The number of aryl methyl sites for hydroxylation is 1. The van der Waals surface area contributed by atoms with Gasteiger partial charge in [-0.1, -0.05) is 91.6 Å². The third-order valence-electron chi connectivity index (χ3n) is 9.47. The number of nitrogen functional groups attached to an aromatic ring is 1. The maximum atomic E-state index is 6.58. The lowest BCUT2D eigenvalue weighted by molar-refractivity contribution is 0.909. The summed E-state index contributed by atoms with van der Waals surface area (Å²) in [6, 6.07) is 26.9. The van der Waals surface area contributed by atoms with Crippen LogP contribution in [0.25, 0.3) is 39.6 Å². The summed E-state index contributed by atoms with van der Waals surface area (Å²) in [6.07, 6.45) is 26.1. The van der Waals surface area contributed by atoms with Crippen molar-refractivity contribution in [1.82, 2.24) is 19.1 Å². The van der Waals surface area contributed by atoms with E-state index in [9.17, 15) is 0 Å². The molecule has 3 aromatic carbocycles. The number of aromatic nitrogens is 4. The van der Waals surface area contributed by atoms with Gasteiger partial charge >= 0.3 is 0 Å². The molecule has 2 N–H and O–H groups in total. The fourth-order valence-corrected chi connectivity index (χ4v) is 7.07. The Morgan fingerprint density at radius 2 is 1.74 bits per heavy atom. The maximum absolute atomic E-state index is 6.58. The van der Waals surface area contributed by atoms with E-state index in [-0.39, 0.29) is 0 Å². The first-order valence-electron chi connectivity index (χ1n) is 18.6. The van der Waals surface area contributed by atoms with Crippen LogP contribution < -0.4 is 10.6 Å². The summed E-state index contributed by atoms with van der Waals surface area (Å²) in [5, 5.41) is 0. The number of nitrogens with zero attached hydrogens (tertiary/aromatic N) is 5. The standard InChI is InChI=1S/C47H46N6/c1-4-20-38(21-5-2)52-44-31-17-14-28-41(44)49-46(52)35(3)34-36(47-50-42-29-15-18-32-45(42)53(47)39-25-11-8-12-26-39)22-19-33-51(37-23-9-6-7-10-24-37)43-30-16-13-27-40(43)48/h4,8-9,11-13,15-18,20-27,29-32,34H,5-6,14,19,28,33,48H2,1-3H3/b20-4-,35-34+,36-22+,38-21+. The molecule has 7 rings (SSSR count). The molecule has 0 unspecified atom stereocenters. The number of anilines is 2. The third-order valence-corrected chi connectivity index (χ3v) is 9.47. The molecule has 2 aromatic heterocycles. The molecule has 6 heteroatoms. The highest BCUT2D eigenvalue weighted by molar-refractivity contribution is 5.88. The first-order chi connectivity index (χ1) is 26.1. The normalized spacial score (nSPS) is 14.6. The van der Waals surface area contributed by atoms with Crippen LogP contribution in [0.3, 0.4) is 0 Å². The van der Waals surface area contributed by atoms with E-state index in [0.717, 1.165) is 106 Å². The summed E-state index contributed by atoms with van der Waals surface area (Å²) in [5.41, 5.74) is 17.8. The predicted molar refractivity (Wildman–Crippen MR) is 224 cm³/mol. The number of imidazole rings is 2. The molecule has 0 amide bonds. The summed E-state index contributed by atoms with van der Waals surface area (Å²) < 4.78 is 4.59. The van der Waals surface area contributed by atoms with Crippen molar-refractivity contribution in [2.24, 2.45) is 0 Å². The average Bonchev–Trinajstić information content (AvgIpc) is 3.65. The highest BCUT2D eigenvalue weighted by Gasteiger charge is 2.22. The Morgan fingerprint density at radius 1 is 0.925 bits per heavy atom. The molecule has 0 aliphatic heterocycles. The summed E-state index contributed by atoms with van der Waals surface area (Å²) in [5.74, 6) is 8.22. The largest absolute Gasteiger partial charge is 0.397 e. The van der Waals surface area contributed by atoms with Crippen molar-refractivity contribution in [3.8, 4) is 17.5 Å². The minimum Gasteiger partial charge on any atom is -0.397 e. The Balaban J connectivity index is 1.39. The minimum atomic E-state index is 0.687. The second kappa shape index (κ2) is 16.4. The molecule has 0 spiro atoms. The summed E-state index contributed by atoms with van der Waals surface area (Å²) in [6.45, 7) is 7.11. The van der Waals surface area contributed by atoms with Crippen LogP contribution >= 0.6 is 0 Å². The predicted octanol–water partition coefficient (Wildman–Crippen LogP) is 10.8. The molecule has 0 bridgehead atoms. The van der Waals surface area contributed by atoms with Crippen molar-refractivity contribution in [3.63, 3.8) is 0 Å². The van der Waals surface area contributed by atoms with Crippen LogP contribution in [0, 0.1) is 11.8 Å². The topological polar surface area (TPSA) is 64.9 Å². The van der Waals surface area contributed by atoms with Gasteiger partial charge in [-0.05, 0) is 106 Å². The van der Waals surface area contributed by atoms with E-state index >= 15 is 0 Å². The van der Waals surface area contributed by atoms with E-state index in [2.05, 4.69) is 162 Å². The number of hydrogen-bond acceptors (Lipinski definition) is 4. The number of benzene rings is 3. The van der Waals surface area contributed by atoms with E-state index in [0.29, 0.717) is 6.54 Å². The molecule has 0 atom stereocenters. The Bertz CT molecular complexity index is 2390. The van der Waals surface area contributed by atoms with Gasteiger partial charge in [0.2, 0.25) is 0 Å². The minimum absolute atomic E-state index is 0.687. The molecule has 0 fully saturated rings. The highest BCUT2D eigenvalue weighted by atomic mass is 15.1. The van der Waals surface area contributed by atoms with Crippen molar-refractivity contribution in [1.29, 1.82) is 0 Å². The SMILES string of the molecule is C/C=C\C(=C/CC)n1c(/C(C)=C/C(=C\CCN(C2=CC#CCC=C2)c2ccccc2N)c2nc3ccccc3n2-c2ccccc2)nc2c1C=CCC2. The smallest absolute Gasteiger partial charge is 0.145 e. The number of rotatable bonds is 12. The summed E-state index contributed by atoms with van der Waals surface area (Å²) in [4.78, 5) is 12.9. The van der Waals surface area contributed by atoms with Crippen LogP contribution in [0.2, 0.25) is 0 Å². The molecule has 264 valence electrons. The van der Waals surface area contributed by atoms with E-state index in [1.54, 1.807) is 0 Å². The van der Waals surface area contributed by atoms with Crippen molar-refractivity contribution >= 4 is 45.3 Å². The fourth-order valence-electron chi connectivity index (χ4n) is 7.07. The molecule has 0 radical (unpaired) electrons. The number of hydrogen-bond donors (Lipinski definition) is 1. The molecular weight excluding hydrogens is 649 g/mol. The molecule has 5 aromatic rings. The molecular formula is C47H46N6. The van der Waals surface area contributed by atoms with Crippen LogP contribution in [0.1, 0.15) is 69.5 Å². The van der Waals surface area contributed by atoms with Crippen molar-refractivity contribution in [2.75, 3.05) is 17.2 Å².